The van der Waals surface area contributed by atoms with Crippen molar-refractivity contribution >= 4 is 158 Å². The van der Waals surface area contributed by atoms with E-state index in [-0.39, 0.29) is 53.7 Å². The maximum atomic E-state index is 14.7. The number of thioether (sulfide) groups is 12. The fourth-order valence-corrected chi connectivity index (χ4v) is 26.8. The molecule has 6 aliphatic rings. The van der Waals surface area contributed by atoms with Crippen molar-refractivity contribution in [2.45, 2.75) is 200 Å². The van der Waals surface area contributed by atoms with E-state index < -0.39 is 0 Å². The lowest BCUT2D eigenvalue weighted by Gasteiger charge is -2.32. The van der Waals surface area contributed by atoms with Crippen LogP contribution in [0.5, 0.6) is 0 Å². The van der Waals surface area contributed by atoms with Gasteiger partial charge >= 0.3 is 0 Å². The number of hydrogen-bond donors (Lipinski definition) is 0. The first-order chi connectivity index (χ1) is 27.5. The summed E-state index contributed by atoms with van der Waals surface area (Å²) in [6.45, 7) is 35.2. The van der Waals surface area contributed by atoms with Crippen LogP contribution in [0, 0.1) is 5.92 Å². The van der Waals surface area contributed by atoms with Gasteiger partial charge in [-0.1, -0.05) is 13.8 Å². The van der Waals surface area contributed by atoms with Gasteiger partial charge in [-0.05, 0) is 114 Å². The normalized spacial score (nSPS) is 22.5. The van der Waals surface area contributed by atoms with Crippen LogP contribution >= 0.6 is 141 Å². The van der Waals surface area contributed by atoms with E-state index in [9.17, 15) is 14.4 Å². The van der Waals surface area contributed by atoms with Gasteiger partial charge in [0.2, 0.25) is 0 Å². The maximum Gasteiger partial charge on any atom is 0.167 e. The Morgan fingerprint density at radius 1 is 0.333 bits per heavy atom. The Bertz CT molecular complexity index is 2280. The second-order valence-corrected chi connectivity index (χ2v) is 40.2. The summed E-state index contributed by atoms with van der Waals surface area (Å²) in [5, 5.41) is 0. The molecule has 3 aromatic carbocycles. The van der Waals surface area contributed by atoms with Crippen molar-refractivity contribution < 1.29 is 14.4 Å². The summed E-state index contributed by atoms with van der Waals surface area (Å²) in [5.41, 5.74) is 6.57. The summed E-state index contributed by atoms with van der Waals surface area (Å²) in [6, 6.07) is 0. The molecule has 0 spiro atoms. The largest absolute Gasteiger partial charge is 0.294 e. The number of Topliss-reactive ketones (excluding diaryl/α,β-unsaturated/α-hetero) is 3. The summed E-state index contributed by atoms with van der Waals surface area (Å²) >= 11 is 22.6. The van der Waals surface area contributed by atoms with E-state index in [1.165, 1.54) is 46.1 Å². The number of ketones is 3. The van der Waals surface area contributed by atoms with E-state index in [0.717, 1.165) is 46.1 Å². The van der Waals surface area contributed by atoms with Crippen molar-refractivity contribution in [3.63, 3.8) is 0 Å². The number of hydrogen-bond acceptors (Lipinski definition) is 15. The lowest BCUT2D eigenvalue weighted by Crippen LogP contribution is -2.17. The van der Waals surface area contributed by atoms with Crippen LogP contribution in [-0.2, 0) is 0 Å². The zero-order chi connectivity index (χ0) is 43.8. The molecule has 0 aromatic heterocycles. The number of carbonyl (C=O) groups is 3. The van der Waals surface area contributed by atoms with Gasteiger partial charge in [0.05, 0.1) is 24.5 Å². The highest BCUT2D eigenvalue weighted by atomic mass is 32.2. The molecule has 0 amide bonds. The lowest BCUT2D eigenvalue weighted by atomic mass is 9.82. The first-order valence-electron chi connectivity index (χ1n) is 20.1. The summed E-state index contributed by atoms with van der Waals surface area (Å²) < 4.78 is -1.16. The van der Waals surface area contributed by atoms with Crippen molar-refractivity contribution in [2.24, 2.45) is 5.92 Å². The third kappa shape index (κ3) is 7.62. The molecule has 3 aromatic rings. The average Bonchev–Trinajstić information content (AvgIpc) is 3.88. The van der Waals surface area contributed by atoms with Crippen LogP contribution in [0.1, 0.15) is 164 Å². The third-order valence-electron chi connectivity index (χ3n) is 10.6. The molecule has 320 valence electrons. The van der Waals surface area contributed by atoms with Gasteiger partial charge in [-0.2, -0.15) is 0 Å². The molecule has 0 bridgehead atoms. The molecule has 0 aliphatic carbocycles. The molecule has 0 unspecified atom stereocenters. The molecule has 0 atom stereocenters. The maximum absolute atomic E-state index is 14.7. The Morgan fingerprint density at radius 3 is 0.700 bits per heavy atom. The Morgan fingerprint density at radius 2 is 0.517 bits per heavy atom. The molecular weight excluding hydrogens is 973 g/mol. The molecule has 6 aliphatic heterocycles. The van der Waals surface area contributed by atoms with E-state index in [2.05, 4.69) is 83.1 Å². The van der Waals surface area contributed by atoms with Crippen LogP contribution in [-0.4, -0.2) is 41.8 Å². The summed E-state index contributed by atoms with van der Waals surface area (Å²) in [5.74, 6) is 0.0836. The molecule has 0 saturated heterocycles. The topological polar surface area (TPSA) is 51.2 Å². The summed E-state index contributed by atoms with van der Waals surface area (Å²) in [7, 11) is 0. The predicted octanol–water partition coefficient (Wildman–Crippen LogP) is 17.7. The zero-order valence-electron chi connectivity index (χ0n) is 36.8. The molecule has 0 radical (unpaired) electrons. The van der Waals surface area contributed by atoms with Crippen LogP contribution in [0.15, 0.2) is 58.7 Å². The molecule has 0 fully saturated rings. The Labute approximate surface area is 407 Å². The van der Waals surface area contributed by atoms with Crippen LogP contribution in [0.3, 0.4) is 0 Å². The molecule has 15 heteroatoms. The third-order valence-corrected chi connectivity index (χ3v) is 27.7. The Kier molecular flexibility index (Phi) is 11.4. The van der Waals surface area contributed by atoms with Gasteiger partial charge in [0.1, 0.15) is 0 Å². The van der Waals surface area contributed by atoms with Crippen LogP contribution < -0.4 is 0 Å². The molecule has 60 heavy (non-hydrogen) atoms. The molecule has 6 heterocycles. The minimum absolute atomic E-state index is 0.123. The van der Waals surface area contributed by atoms with Gasteiger partial charge < -0.3 is 0 Å². The Hall–Kier alpha value is 0.870. The van der Waals surface area contributed by atoms with E-state index in [4.69, 9.17) is 0 Å². The molecule has 9 rings (SSSR count). The SMILES string of the molecule is CC(=O)c1c2c(c(C(c3c4c(c(C(C)=O)c5c3SC(C)(C)S5)SC(C)(C)S4)c3c4c(c(C(=O)C(C)C)c5c3SC(C)(C)S5)SC(C)(C)S4)c3c1SC(C)(C)S3)SC(C)(C)S2. The van der Waals surface area contributed by atoms with Gasteiger partial charge in [-0.3, -0.25) is 14.4 Å². The number of fused-ring (bicyclic) bond motifs is 6. The minimum atomic E-state index is -0.236. The second-order valence-electron chi connectivity index (χ2n) is 19.0. The van der Waals surface area contributed by atoms with Crippen molar-refractivity contribution in [3.8, 4) is 0 Å². The molecule has 3 nitrogen and oxygen atoms in total. The highest BCUT2D eigenvalue weighted by Crippen LogP contribution is 2.75. The van der Waals surface area contributed by atoms with Gasteiger partial charge in [-0.25, -0.2) is 0 Å². The highest BCUT2D eigenvalue weighted by Gasteiger charge is 2.53. The van der Waals surface area contributed by atoms with Crippen molar-refractivity contribution in [1.29, 1.82) is 0 Å². The fraction of sp³-hybridized carbons (Fsp3) is 0.533. The van der Waals surface area contributed by atoms with E-state index >= 15 is 0 Å². The van der Waals surface area contributed by atoms with Gasteiger partial charge in [0.15, 0.2) is 17.3 Å². The van der Waals surface area contributed by atoms with Crippen LogP contribution in [0.25, 0.3) is 0 Å². The predicted molar refractivity (Wildman–Crippen MR) is 274 cm³/mol. The smallest absolute Gasteiger partial charge is 0.167 e. The van der Waals surface area contributed by atoms with E-state index in [0.29, 0.717) is 0 Å². The zero-order valence-corrected chi connectivity index (χ0v) is 46.6. The average molecular weight is 1020 g/mol. The summed E-state index contributed by atoms with van der Waals surface area (Å²) in [4.78, 5) is 56.8. The van der Waals surface area contributed by atoms with Gasteiger partial charge in [0, 0.05) is 87.3 Å². The van der Waals surface area contributed by atoms with Gasteiger partial charge in [-0.15, -0.1) is 141 Å². The van der Waals surface area contributed by atoms with Crippen molar-refractivity contribution in [1.82, 2.24) is 0 Å². The standard InChI is InChI=1S/C45H50O3S12/c1-17(2)27(48)26-38-36(57-44(13,14)59-38)25(37-39(26)60-45(15,16)58-37)22(23-32-28(49-40(5,6)53-32)20(18(3)46)29-33(23)54-41(7,8)50-29)24-34-30(51-42(9,10)55-34)21(19(4)47)31-35(24)56-43(11,12)52-31/h17,22H,1-16H3. The Balaban J connectivity index is 1.53. The summed E-state index contributed by atoms with van der Waals surface area (Å²) in [6.07, 6.45) is 0. The fourth-order valence-electron chi connectivity index (χ4n) is 8.67. The quantitative estimate of drug-likeness (QED) is 0.167. The first-order valence-corrected chi connectivity index (χ1v) is 29.9. The lowest BCUT2D eigenvalue weighted by molar-refractivity contribution is 0.0931. The molecule has 0 N–H and O–H groups in total. The highest BCUT2D eigenvalue weighted by molar-refractivity contribution is 8.23. The monoisotopic (exact) mass is 1020 g/mol. The first kappa shape index (κ1) is 46.0. The molecule has 0 saturated carbocycles. The van der Waals surface area contributed by atoms with Crippen molar-refractivity contribution in [3.05, 3.63) is 33.4 Å². The van der Waals surface area contributed by atoms with E-state index in [1.54, 1.807) is 13.8 Å². The minimum Gasteiger partial charge on any atom is -0.294 e. The number of benzene rings is 3. The van der Waals surface area contributed by atoms with E-state index in [1.807, 2.05) is 155 Å². The number of carbonyl (C=O) groups excluding carboxylic acids is 3. The van der Waals surface area contributed by atoms with Crippen LogP contribution in [0.2, 0.25) is 0 Å². The second kappa shape index (κ2) is 14.9. The number of rotatable bonds is 7. The van der Waals surface area contributed by atoms with Crippen molar-refractivity contribution in [2.75, 3.05) is 0 Å². The van der Waals surface area contributed by atoms with Gasteiger partial charge in [0.25, 0.3) is 0 Å². The van der Waals surface area contributed by atoms with Crippen LogP contribution in [0.4, 0.5) is 0 Å². The molecular formula is C45H50O3S12.